The molecule has 0 aromatic rings. The largest absolute Gasteiger partial charge is 0.491 e. The Morgan fingerprint density at radius 2 is 2.19 bits per heavy atom. The van der Waals surface area contributed by atoms with Gasteiger partial charge in [0.25, 0.3) is 0 Å². The van der Waals surface area contributed by atoms with Crippen molar-refractivity contribution in [1.29, 1.82) is 0 Å². The third kappa shape index (κ3) is 4.69. The number of carboxylic acid groups (broad SMARTS) is 1. The fourth-order valence-electron chi connectivity index (χ4n) is 2.20. The molecule has 0 aliphatic heterocycles. The zero-order valence-corrected chi connectivity index (χ0v) is 12.0. The average molecular weight is 302 g/mol. The number of aliphatic hydroxyl groups is 2. The maximum Gasteiger partial charge on any atom is 0.320 e. The maximum absolute atomic E-state index is 11.8. The van der Waals surface area contributed by atoms with Gasteiger partial charge in [0.1, 0.15) is 11.6 Å². The standard InChI is InChI=1S/C13H22N2O6/c1-21-11-9(5-13(20,7-16)6-10(11)17)15-4-2-3-8(14)12(18)19/h8,15-16,20H,2-7,14H2,1H3,(H,18,19)/t8?,13-/m0/s1. The number of aliphatic hydroxyl groups excluding tert-OH is 1. The first kappa shape index (κ1) is 17.4. The Kier molecular flexibility index (Phi) is 6.13. The molecule has 0 saturated heterocycles. The third-order valence-electron chi connectivity index (χ3n) is 3.37. The Morgan fingerprint density at radius 1 is 1.52 bits per heavy atom. The molecule has 1 aliphatic rings. The summed E-state index contributed by atoms with van der Waals surface area (Å²) in [7, 11) is 1.36. The monoisotopic (exact) mass is 302 g/mol. The van der Waals surface area contributed by atoms with Gasteiger partial charge >= 0.3 is 5.97 Å². The van der Waals surface area contributed by atoms with Gasteiger partial charge in [0.15, 0.2) is 5.76 Å². The van der Waals surface area contributed by atoms with E-state index in [0.29, 0.717) is 18.7 Å². The van der Waals surface area contributed by atoms with Crippen molar-refractivity contribution in [3.63, 3.8) is 0 Å². The fraction of sp³-hybridized carbons (Fsp3) is 0.692. The first-order chi connectivity index (χ1) is 9.83. The van der Waals surface area contributed by atoms with Crippen molar-refractivity contribution in [3.8, 4) is 0 Å². The van der Waals surface area contributed by atoms with Crippen LogP contribution in [0.1, 0.15) is 25.7 Å². The number of methoxy groups -OCH3 is 1. The molecule has 0 bridgehead atoms. The average Bonchev–Trinajstić information content (AvgIpc) is 2.42. The zero-order chi connectivity index (χ0) is 16.0. The third-order valence-corrected chi connectivity index (χ3v) is 3.37. The number of ether oxygens (including phenoxy) is 1. The number of carbonyl (C=O) groups excluding carboxylic acids is 1. The summed E-state index contributed by atoms with van der Waals surface area (Å²) in [6.07, 6.45) is 0.654. The number of nitrogens with two attached hydrogens (primary N) is 1. The van der Waals surface area contributed by atoms with Crippen molar-refractivity contribution in [2.75, 3.05) is 20.3 Å². The number of hydrogen-bond acceptors (Lipinski definition) is 7. The summed E-state index contributed by atoms with van der Waals surface area (Å²) in [6, 6.07) is -0.926. The van der Waals surface area contributed by atoms with Crippen LogP contribution in [-0.2, 0) is 14.3 Å². The molecule has 0 spiro atoms. The molecule has 0 aromatic heterocycles. The van der Waals surface area contributed by atoms with Crippen molar-refractivity contribution in [2.24, 2.45) is 5.73 Å². The van der Waals surface area contributed by atoms with Crippen LogP contribution in [0.5, 0.6) is 0 Å². The molecule has 21 heavy (non-hydrogen) atoms. The van der Waals surface area contributed by atoms with Gasteiger partial charge < -0.3 is 31.1 Å². The Hall–Kier alpha value is -1.64. The summed E-state index contributed by atoms with van der Waals surface area (Å²) in [5, 5.41) is 30.8. The first-order valence-electron chi connectivity index (χ1n) is 6.69. The van der Waals surface area contributed by atoms with Gasteiger partial charge in [-0.3, -0.25) is 9.59 Å². The molecule has 0 saturated carbocycles. The highest BCUT2D eigenvalue weighted by molar-refractivity contribution is 5.95. The molecular formula is C13H22N2O6. The van der Waals surface area contributed by atoms with Crippen molar-refractivity contribution < 1.29 is 29.6 Å². The number of carbonyl (C=O) groups is 2. The number of ketones is 1. The minimum atomic E-state index is -1.49. The van der Waals surface area contributed by atoms with Crippen LogP contribution >= 0.6 is 0 Å². The molecule has 0 fully saturated rings. The van der Waals surface area contributed by atoms with E-state index in [1.54, 1.807) is 0 Å². The predicted octanol–water partition coefficient (Wildman–Crippen LogP) is -1.29. The summed E-state index contributed by atoms with van der Waals surface area (Å²) >= 11 is 0. The van der Waals surface area contributed by atoms with Gasteiger partial charge in [0.05, 0.1) is 19.4 Å². The van der Waals surface area contributed by atoms with Gasteiger partial charge in [-0.15, -0.1) is 0 Å². The smallest absolute Gasteiger partial charge is 0.320 e. The van der Waals surface area contributed by atoms with Gasteiger partial charge in [-0.05, 0) is 12.8 Å². The van der Waals surface area contributed by atoms with Crippen LogP contribution in [0.3, 0.4) is 0 Å². The molecule has 6 N–H and O–H groups in total. The lowest BCUT2D eigenvalue weighted by Gasteiger charge is -2.32. The minimum absolute atomic E-state index is 0.0728. The number of allylic oxidation sites excluding steroid dienone is 1. The minimum Gasteiger partial charge on any atom is -0.491 e. The van der Waals surface area contributed by atoms with E-state index in [2.05, 4.69) is 5.32 Å². The van der Waals surface area contributed by atoms with E-state index in [-0.39, 0.29) is 30.8 Å². The highest BCUT2D eigenvalue weighted by atomic mass is 16.5. The predicted molar refractivity (Wildman–Crippen MR) is 73.2 cm³/mol. The van der Waals surface area contributed by atoms with Crippen LogP contribution < -0.4 is 11.1 Å². The second-order valence-electron chi connectivity index (χ2n) is 5.18. The van der Waals surface area contributed by atoms with Gasteiger partial charge in [0, 0.05) is 19.4 Å². The summed E-state index contributed by atoms with van der Waals surface area (Å²) < 4.78 is 5.03. The molecule has 1 unspecified atom stereocenters. The second-order valence-corrected chi connectivity index (χ2v) is 5.18. The summed E-state index contributed by atoms with van der Waals surface area (Å²) in [6.45, 7) is -0.136. The molecule has 0 amide bonds. The molecule has 0 aromatic carbocycles. The van der Waals surface area contributed by atoms with Crippen LogP contribution in [0.4, 0.5) is 0 Å². The molecule has 0 heterocycles. The van der Waals surface area contributed by atoms with Crippen molar-refractivity contribution in [2.45, 2.75) is 37.3 Å². The summed E-state index contributed by atoms with van der Waals surface area (Å²) in [5.41, 5.74) is 4.31. The van der Waals surface area contributed by atoms with Crippen molar-refractivity contribution in [1.82, 2.24) is 5.32 Å². The van der Waals surface area contributed by atoms with Crippen LogP contribution in [0.15, 0.2) is 11.5 Å². The molecule has 1 rings (SSSR count). The molecule has 8 heteroatoms. The Morgan fingerprint density at radius 3 is 2.71 bits per heavy atom. The maximum atomic E-state index is 11.8. The SMILES string of the molecule is COC1=C(NCCCC(N)C(=O)O)C[C@@](O)(CO)CC1=O. The van der Waals surface area contributed by atoms with E-state index >= 15 is 0 Å². The Balaban J connectivity index is 2.61. The van der Waals surface area contributed by atoms with E-state index < -0.39 is 24.2 Å². The Bertz CT molecular complexity index is 436. The topological polar surface area (TPSA) is 142 Å². The number of hydrogen-bond donors (Lipinski definition) is 5. The quantitative estimate of drug-likeness (QED) is 0.349. The van der Waals surface area contributed by atoms with E-state index in [1.807, 2.05) is 0 Å². The zero-order valence-electron chi connectivity index (χ0n) is 12.0. The van der Waals surface area contributed by atoms with Crippen molar-refractivity contribution in [3.05, 3.63) is 11.5 Å². The van der Waals surface area contributed by atoms with E-state index in [9.17, 15) is 19.8 Å². The lowest BCUT2D eigenvalue weighted by molar-refractivity contribution is -0.138. The normalized spacial score (nSPS) is 23.9. The number of nitrogens with one attached hydrogen (secondary N) is 1. The van der Waals surface area contributed by atoms with Gasteiger partial charge in [-0.2, -0.15) is 0 Å². The van der Waals surface area contributed by atoms with Crippen LogP contribution in [-0.4, -0.2) is 59.0 Å². The second kappa shape index (κ2) is 7.39. The molecule has 2 atom stereocenters. The van der Waals surface area contributed by atoms with Gasteiger partial charge in [-0.1, -0.05) is 0 Å². The molecule has 0 radical (unpaired) electrons. The number of aliphatic carboxylic acids is 1. The molecule has 1 aliphatic carbocycles. The lowest BCUT2D eigenvalue weighted by Crippen LogP contribution is -2.43. The van der Waals surface area contributed by atoms with Crippen LogP contribution in [0, 0.1) is 0 Å². The first-order valence-corrected chi connectivity index (χ1v) is 6.69. The number of carboxylic acids is 1. The molecular weight excluding hydrogens is 280 g/mol. The Labute approximate surface area is 122 Å². The van der Waals surface area contributed by atoms with E-state index in [4.69, 9.17) is 15.6 Å². The lowest BCUT2D eigenvalue weighted by atomic mass is 9.86. The van der Waals surface area contributed by atoms with E-state index in [0.717, 1.165) is 0 Å². The van der Waals surface area contributed by atoms with Crippen LogP contribution in [0.2, 0.25) is 0 Å². The highest BCUT2D eigenvalue weighted by Crippen LogP contribution is 2.29. The fourth-order valence-corrected chi connectivity index (χ4v) is 2.20. The van der Waals surface area contributed by atoms with Gasteiger partial charge in [0.2, 0.25) is 5.78 Å². The molecule has 120 valence electrons. The van der Waals surface area contributed by atoms with Crippen molar-refractivity contribution >= 4 is 11.8 Å². The summed E-state index contributed by atoms with van der Waals surface area (Å²) in [4.78, 5) is 22.4. The number of rotatable bonds is 8. The molecule has 8 nitrogen and oxygen atoms in total. The summed E-state index contributed by atoms with van der Waals surface area (Å²) in [5.74, 6) is -1.31. The number of Topliss-reactive ketones (excluding diaryl/α,β-unsaturated/α-hetero) is 1. The van der Waals surface area contributed by atoms with Gasteiger partial charge in [-0.25, -0.2) is 0 Å². The van der Waals surface area contributed by atoms with Crippen LogP contribution in [0.25, 0.3) is 0 Å². The highest BCUT2D eigenvalue weighted by Gasteiger charge is 2.38. The van der Waals surface area contributed by atoms with E-state index in [1.165, 1.54) is 7.11 Å².